The minimum atomic E-state index is -0.377. The van der Waals surface area contributed by atoms with Gasteiger partial charge in [0.15, 0.2) is 0 Å². The van der Waals surface area contributed by atoms with E-state index in [0.29, 0.717) is 6.10 Å². The Bertz CT molecular complexity index is 257. The summed E-state index contributed by atoms with van der Waals surface area (Å²) in [5.74, 6) is 1.61. The van der Waals surface area contributed by atoms with Crippen LogP contribution in [-0.2, 0) is 4.74 Å². The average molecular weight is 241 g/mol. The van der Waals surface area contributed by atoms with E-state index in [1.54, 1.807) is 0 Å². The number of hydrogen-bond donors (Lipinski definition) is 2. The predicted molar refractivity (Wildman–Crippen MR) is 68.7 cm³/mol. The Morgan fingerprint density at radius 1 is 1.18 bits per heavy atom. The number of aliphatic hydroxyl groups excluding tert-OH is 1. The van der Waals surface area contributed by atoms with E-state index in [1.807, 2.05) is 0 Å². The van der Waals surface area contributed by atoms with Crippen LogP contribution >= 0.6 is 0 Å². The molecular weight excluding hydrogens is 214 g/mol. The maximum absolute atomic E-state index is 9.25. The smallest absolute Gasteiger partial charge is 0.0612 e. The molecule has 2 aliphatic rings. The fourth-order valence-corrected chi connectivity index (χ4v) is 3.26. The molecule has 0 aromatic heterocycles. The zero-order chi connectivity index (χ0) is 12.5. The standard InChI is InChI=1S/C14H27NO2/c1-10-3-4-12(7-11(10)2)17-13-5-6-14(15,8-13)9-16/h10-13,16H,3-9,15H2,1-2H3. The maximum atomic E-state index is 9.25. The minimum Gasteiger partial charge on any atom is -0.394 e. The molecule has 0 bridgehead atoms. The molecule has 3 heteroatoms. The number of hydrogen-bond acceptors (Lipinski definition) is 3. The first-order valence-corrected chi connectivity index (χ1v) is 7.07. The molecule has 5 atom stereocenters. The van der Waals surface area contributed by atoms with Gasteiger partial charge < -0.3 is 15.6 Å². The molecule has 0 aromatic rings. The van der Waals surface area contributed by atoms with Crippen molar-refractivity contribution in [2.24, 2.45) is 17.6 Å². The van der Waals surface area contributed by atoms with Gasteiger partial charge in [0.1, 0.15) is 0 Å². The first-order valence-electron chi connectivity index (χ1n) is 7.07. The van der Waals surface area contributed by atoms with Crippen molar-refractivity contribution in [2.75, 3.05) is 6.61 Å². The molecule has 0 saturated heterocycles. The molecule has 0 radical (unpaired) electrons. The summed E-state index contributed by atoms with van der Waals surface area (Å²) >= 11 is 0. The third-order valence-electron chi connectivity index (χ3n) is 4.85. The summed E-state index contributed by atoms with van der Waals surface area (Å²) in [6.07, 6.45) is 7.10. The Morgan fingerprint density at radius 3 is 2.53 bits per heavy atom. The van der Waals surface area contributed by atoms with Crippen LogP contribution in [0, 0.1) is 11.8 Å². The lowest BCUT2D eigenvalue weighted by Gasteiger charge is -2.33. The summed E-state index contributed by atoms with van der Waals surface area (Å²) in [7, 11) is 0. The zero-order valence-electron chi connectivity index (χ0n) is 11.2. The van der Waals surface area contributed by atoms with Gasteiger partial charge in [-0.25, -0.2) is 0 Å². The topological polar surface area (TPSA) is 55.5 Å². The Hall–Kier alpha value is -0.120. The minimum absolute atomic E-state index is 0.0883. The van der Waals surface area contributed by atoms with Crippen molar-refractivity contribution in [2.45, 2.75) is 70.1 Å². The highest BCUT2D eigenvalue weighted by atomic mass is 16.5. The molecule has 5 unspecified atom stereocenters. The van der Waals surface area contributed by atoms with Gasteiger partial charge in [0.05, 0.1) is 18.8 Å². The molecule has 17 heavy (non-hydrogen) atoms. The van der Waals surface area contributed by atoms with Crippen LogP contribution in [0.1, 0.15) is 52.4 Å². The van der Waals surface area contributed by atoms with Gasteiger partial charge in [-0.2, -0.15) is 0 Å². The molecule has 0 aliphatic heterocycles. The van der Waals surface area contributed by atoms with E-state index in [4.69, 9.17) is 10.5 Å². The second kappa shape index (κ2) is 5.25. The van der Waals surface area contributed by atoms with Gasteiger partial charge in [-0.1, -0.05) is 13.8 Å². The van der Waals surface area contributed by atoms with Gasteiger partial charge in [0, 0.05) is 5.54 Å². The first kappa shape index (κ1) is 13.3. The third kappa shape index (κ3) is 3.21. The molecule has 3 nitrogen and oxygen atoms in total. The number of nitrogens with two attached hydrogens (primary N) is 1. The van der Waals surface area contributed by atoms with Crippen molar-refractivity contribution in [3.8, 4) is 0 Å². The maximum Gasteiger partial charge on any atom is 0.0612 e. The Kier molecular flexibility index (Phi) is 4.11. The SMILES string of the molecule is CC1CCC(OC2CCC(N)(CO)C2)CC1C. The lowest BCUT2D eigenvalue weighted by Crippen LogP contribution is -2.41. The van der Waals surface area contributed by atoms with E-state index in [0.717, 1.165) is 31.1 Å². The van der Waals surface area contributed by atoms with E-state index >= 15 is 0 Å². The fourth-order valence-electron chi connectivity index (χ4n) is 3.26. The summed E-state index contributed by atoms with van der Waals surface area (Å²) in [5, 5.41) is 9.25. The highest BCUT2D eigenvalue weighted by Gasteiger charge is 2.37. The van der Waals surface area contributed by atoms with Crippen LogP contribution in [0.4, 0.5) is 0 Å². The zero-order valence-corrected chi connectivity index (χ0v) is 11.2. The summed E-state index contributed by atoms with van der Waals surface area (Å²) in [6, 6.07) is 0. The summed E-state index contributed by atoms with van der Waals surface area (Å²) in [5.41, 5.74) is 5.70. The average Bonchev–Trinajstić information content (AvgIpc) is 2.67. The molecule has 2 saturated carbocycles. The normalized spacial score (nSPS) is 47.3. The van der Waals surface area contributed by atoms with Gasteiger partial charge in [0.2, 0.25) is 0 Å². The van der Waals surface area contributed by atoms with Crippen LogP contribution in [-0.4, -0.2) is 29.5 Å². The Balaban J connectivity index is 1.79. The Morgan fingerprint density at radius 2 is 1.94 bits per heavy atom. The van der Waals surface area contributed by atoms with Crippen molar-refractivity contribution in [3.63, 3.8) is 0 Å². The van der Waals surface area contributed by atoms with Crippen molar-refractivity contribution < 1.29 is 9.84 Å². The summed E-state index contributed by atoms with van der Waals surface area (Å²) in [6.45, 7) is 4.76. The van der Waals surface area contributed by atoms with E-state index < -0.39 is 0 Å². The molecule has 100 valence electrons. The van der Waals surface area contributed by atoms with Crippen LogP contribution in [0.2, 0.25) is 0 Å². The monoisotopic (exact) mass is 241 g/mol. The third-order valence-corrected chi connectivity index (χ3v) is 4.85. The second-order valence-corrected chi connectivity index (χ2v) is 6.41. The van der Waals surface area contributed by atoms with E-state index in [1.165, 1.54) is 19.3 Å². The molecule has 0 amide bonds. The Labute approximate surface area is 105 Å². The molecule has 2 fully saturated rings. The lowest BCUT2D eigenvalue weighted by atomic mass is 9.80. The van der Waals surface area contributed by atoms with Crippen LogP contribution in [0.3, 0.4) is 0 Å². The summed E-state index contributed by atoms with van der Waals surface area (Å²) in [4.78, 5) is 0. The molecular formula is C14H27NO2. The van der Waals surface area contributed by atoms with Crippen LogP contribution in [0.15, 0.2) is 0 Å². The second-order valence-electron chi connectivity index (χ2n) is 6.41. The van der Waals surface area contributed by atoms with Crippen molar-refractivity contribution >= 4 is 0 Å². The number of ether oxygens (including phenoxy) is 1. The van der Waals surface area contributed by atoms with Crippen LogP contribution < -0.4 is 5.73 Å². The molecule has 0 aromatic carbocycles. The highest BCUT2D eigenvalue weighted by molar-refractivity contribution is 4.94. The van der Waals surface area contributed by atoms with Crippen molar-refractivity contribution in [3.05, 3.63) is 0 Å². The molecule has 0 spiro atoms. The summed E-state index contributed by atoms with van der Waals surface area (Å²) < 4.78 is 6.18. The number of rotatable bonds is 3. The van der Waals surface area contributed by atoms with E-state index in [9.17, 15) is 5.11 Å². The van der Waals surface area contributed by atoms with E-state index in [2.05, 4.69) is 13.8 Å². The molecule has 3 N–H and O–H groups in total. The van der Waals surface area contributed by atoms with Gasteiger partial charge in [0.25, 0.3) is 0 Å². The van der Waals surface area contributed by atoms with Crippen LogP contribution in [0.25, 0.3) is 0 Å². The van der Waals surface area contributed by atoms with Gasteiger partial charge in [-0.3, -0.25) is 0 Å². The number of aliphatic hydroxyl groups is 1. The molecule has 2 aliphatic carbocycles. The largest absolute Gasteiger partial charge is 0.394 e. The predicted octanol–water partition coefficient (Wildman–Crippen LogP) is 2.07. The molecule has 0 heterocycles. The molecule has 2 rings (SSSR count). The van der Waals surface area contributed by atoms with Crippen molar-refractivity contribution in [1.29, 1.82) is 0 Å². The fraction of sp³-hybridized carbons (Fsp3) is 1.00. The van der Waals surface area contributed by atoms with Gasteiger partial charge in [-0.15, -0.1) is 0 Å². The van der Waals surface area contributed by atoms with Gasteiger partial charge in [-0.05, 0) is 50.4 Å². The lowest BCUT2D eigenvalue weighted by molar-refractivity contribution is -0.0468. The van der Waals surface area contributed by atoms with Gasteiger partial charge >= 0.3 is 0 Å². The quantitative estimate of drug-likeness (QED) is 0.795. The van der Waals surface area contributed by atoms with E-state index in [-0.39, 0.29) is 18.2 Å². The first-order chi connectivity index (χ1) is 8.02. The van der Waals surface area contributed by atoms with Crippen LogP contribution in [0.5, 0.6) is 0 Å². The highest BCUT2D eigenvalue weighted by Crippen LogP contribution is 2.35. The van der Waals surface area contributed by atoms with Crippen molar-refractivity contribution in [1.82, 2.24) is 0 Å².